The molecule has 2 rings (SSSR count). The molecule has 0 saturated heterocycles. The third-order valence-corrected chi connectivity index (χ3v) is 3.68. The Kier molecular flexibility index (Phi) is 4.57. The second-order valence-corrected chi connectivity index (χ2v) is 5.08. The van der Waals surface area contributed by atoms with Crippen LogP contribution in [0, 0.1) is 6.92 Å². The number of anilines is 1. The molecule has 104 valence electrons. The lowest BCUT2D eigenvalue weighted by molar-refractivity contribution is -0.117. The van der Waals surface area contributed by atoms with Crippen LogP contribution < -0.4 is 5.32 Å². The van der Waals surface area contributed by atoms with Crippen molar-refractivity contribution in [3.63, 3.8) is 0 Å². The molecule has 1 unspecified atom stereocenters. The number of para-hydroxylation sites is 1. The van der Waals surface area contributed by atoms with Crippen LogP contribution in [0.5, 0.6) is 0 Å². The molecule has 0 aromatic heterocycles. The Balaban J connectivity index is 2.20. The van der Waals surface area contributed by atoms with Crippen LogP contribution in [0.4, 0.5) is 5.69 Å². The molecule has 1 N–H and O–H groups in total. The SMILES string of the molecule is CCc1cccc(C)c1NC(=O)C(C)c1ccccc1. The summed E-state index contributed by atoms with van der Waals surface area (Å²) in [4.78, 5) is 12.4. The van der Waals surface area contributed by atoms with Gasteiger partial charge in [-0.3, -0.25) is 4.79 Å². The maximum Gasteiger partial charge on any atom is 0.231 e. The van der Waals surface area contributed by atoms with Crippen molar-refractivity contribution in [1.82, 2.24) is 0 Å². The van der Waals surface area contributed by atoms with E-state index in [0.717, 1.165) is 23.2 Å². The fourth-order valence-electron chi connectivity index (χ4n) is 2.33. The Morgan fingerprint density at radius 2 is 1.80 bits per heavy atom. The van der Waals surface area contributed by atoms with Crippen LogP contribution in [0.15, 0.2) is 48.5 Å². The number of aryl methyl sites for hydroxylation is 2. The van der Waals surface area contributed by atoms with E-state index >= 15 is 0 Å². The first kappa shape index (κ1) is 14.3. The van der Waals surface area contributed by atoms with Gasteiger partial charge in [0, 0.05) is 5.69 Å². The Morgan fingerprint density at radius 1 is 1.10 bits per heavy atom. The van der Waals surface area contributed by atoms with Crippen molar-refractivity contribution >= 4 is 11.6 Å². The normalized spacial score (nSPS) is 11.9. The molecule has 2 aromatic rings. The van der Waals surface area contributed by atoms with E-state index in [9.17, 15) is 4.79 Å². The molecule has 0 heterocycles. The van der Waals surface area contributed by atoms with Crippen molar-refractivity contribution in [2.75, 3.05) is 5.32 Å². The Hall–Kier alpha value is -2.09. The van der Waals surface area contributed by atoms with Gasteiger partial charge in [0.05, 0.1) is 5.92 Å². The lowest BCUT2D eigenvalue weighted by atomic mass is 9.99. The quantitative estimate of drug-likeness (QED) is 0.879. The van der Waals surface area contributed by atoms with Crippen molar-refractivity contribution in [2.45, 2.75) is 33.1 Å². The molecule has 1 amide bonds. The van der Waals surface area contributed by atoms with E-state index in [-0.39, 0.29) is 11.8 Å². The number of hydrogen-bond acceptors (Lipinski definition) is 1. The van der Waals surface area contributed by atoms with Crippen LogP contribution >= 0.6 is 0 Å². The first-order chi connectivity index (χ1) is 9.63. The van der Waals surface area contributed by atoms with Gasteiger partial charge in [-0.1, -0.05) is 55.5 Å². The first-order valence-corrected chi connectivity index (χ1v) is 7.07. The zero-order chi connectivity index (χ0) is 14.5. The molecule has 0 aliphatic carbocycles. The molecule has 20 heavy (non-hydrogen) atoms. The number of rotatable bonds is 4. The summed E-state index contributed by atoms with van der Waals surface area (Å²) in [6, 6.07) is 16.0. The second-order valence-electron chi connectivity index (χ2n) is 5.08. The minimum atomic E-state index is -0.152. The fourth-order valence-corrected chi connectivity index (χ4v) is 2.33. The smallest absolute Gasteiger partial charge is 0.231 e. The minimum Gasteiger partial charge on any atom is -0.325 e. The number of carbonyl (C=O) groups excluding carboxylic acids is 1. The molecule has 0 fully saturated rings. The highest BCUT2D eigenvalue weighted by atomic mass is 16.1. The molecule has 0 aliphatic heterocycles. The summed E-state index contributed by atoms with van der Waals surface area (Å²) in [5, 5.41) is 3.09. The molecular formula is C18H21NO. The summed E-state index contributed by atoms with van der Waals surface area (Å²) in [5.41, 5.74) is 4.29. The third kappa shape index (κ3) is 3.08. The summed E-state index contributed by atoms with van der Waals surface area (Å²) in [7, 11) is 0. The molecule has 0 aliphatic rings. The predicted molar refractivity (Wildman–Crippen MR) is 84.0 cm³/mol. The summed E-state index contributed by atoms with van der Waals surface area (Å²) in [5.74, 6) is -0.110. The zero-order valence-corrected chi connectivity index (χ0v) is 12.3. The van der Waals surface area contributed by atoms with E-state index in [2.05, 4.69) is 18.3 Å². The average molecular weight is 267 g/mol. The van der Waals surface area contributed by atoms with Crippen LogP contribution in [0.25, 0.3) is 0 Å². The molecule has 2 heteroatoms. The summed E-state index contributed by atoms with van der Waals surface area (Å²) < 4.78 is 0. The van der Waals surface area contributed by atoms with Gasteiger partial charge in [-0.2, -0.15) is 0 Å². The van der Waals surface area contributed by atoms with E-state index < -0.39 is 0 Å². The molecule has 0 radical (unpaired) electrons. The molecule has 2 aromatic carbocycles. The van der Waals surface area contributed by atoms with Crippen molar-refractivity contribution in [2.24, 2.45) is 0 Å². The zero-order valence-electron chi connectivity index (χ0n) is 12.3. The van der Waals surface area contributed by atoms with E-state index in [4.69, 9.17) is 0 Å². The lowest BCUT2D eigenvalue weighted by Gasteiger charge is -2.16. The topological polar surface area (TPSA) is 29.1 Å². The molecular weight excluding hydrogens is 246 g/mol. The summed E-state index contributed by atoms with van der Waals surface area (Å²) >= 11 is 0. The van der Waals surface area contributed by atoms with Crippen LogP contribution in [0.1, 0.15) is 36.5 Å². The monoisotopic (exact) mass is 267 g/mol. The van der Waals surface area contributed by atoms with E-state index in [0.29, 0.717) is 0 Å². The van der Waals surface area contributed by atoms with Gasteiger partial charge in [-0.15, -0.1) is 0 Å². The van der Waals surface area contributed by atoms with Crippen molar-refractivity contribution in [3.8, 4) is 0 Å². The molecule has 2 nitrogen and oxygen atoms in total. The molecule has 1 atom stereocenters. The largest absolute Gasteiger partial charge is 0.325 e. The van der Waals surface area contributed by atoms with E-state index in [1.54, 1.807) is 0 Å². The van der Waals surface area contributed by atoms with Crippen LogP contribution in [0.2, 0.25) is 0 Å². The van der Waals surface area contributed by atoms with Gasteiger partial charge in [-0.25, -0.2) is 0 Å². The van der Waals surface area contributed by atoms with Crippen LogP contribution in [-0.4, -0.2) is 5.91 Å². The van der Waals surface area contributed by atoms with Gasteiger partial charge in [0.15, 0.2) is 0 Å². The predicted octanol–water partition coefficient (Wildman–Crippen LogP) is 4.30. The average Bonchev–Trinajstić information content (AvgIpc) is 2.49. The Morgan fingerprint density at radius 3 is 2.45 bits per heavy atom. The van der Waals surface area contributed by atoms with Crippen molar-refractivity contribution in [1.29, 1.82) is 0 Å². The van der Waals surface area contributed by atoms with Gasteiger partial charge in [0.25, 0.3) is 0 Å². The lowest BCUT2D eigenvalue weighted by Crippen LogP contribution is -2.20. The molecule has 0 spiro atoms. The van der Waals surface area contributed by atoms with Crippen molar-refractivity contribution in [3.05, 3.63) is 65.2 Å². The number of hydrogen-bond donors (Lipinski definition) is 1. The van der Waals surface area contributed by atoms with E-state index in [1.165, 1.54) is 5.56 Å². The Bertz CT molecular complexity index is 590. The number of nitrogens with one attached hydrogen (secondary N) is 1. The fraction of sp³-hybridized carbons (Fsp3) is 0.278. The van der Waals surface area contributed by atoms with Gasteiger partial charge in [-0.05, 0) is 37.0 Å². The van der Waals surface area contributed by atoms with Gasteiger partial charge in [0.2, 0.25) is 5.91 Å². The molecule has 0 saturated carbocycles. The van der Waals surface area contributed by atoms with Crippen molar-refractivity contribution < 1.29 is 4.79 Å². The highest BCUT2D eigenvalue weighted by Crippen LogP contribution is 2.23. The third-order valence-electron chi connectivity index (χ3n) is 3.68. The first-order valence-electron chi connectivity index (χ1n) is 7.07. The van der Waals surface area contributed by atoms with Crippen LogP contribution in [0.3, 0.4) is 0 Å². The number of benzene rings is 2. The second kappa shape index (κ2) is 6.38. The van der Waals surface area contributed by atoms with Gasteiger partial charge < -0.3 is 5.32 Å². The maximum absolute atomic E-state index is 12.4. The number of carbonyl (C=O) groups is 1. The summed E-state index contributed by atoms with van der Waals surface area (Å²) in [6.07, 6.45) is 0.914. The standard InChI is InChI=1S/C18H21NO/c1-4-15-12-8-9-13(2)17(15)19-18(20)14(3)16-10-6-5-7-11-16/h5-12,14H,4H2,1-3H3,(H,19,20). The number of amides is 1. The van der Waals surface area contributed by atoms with Crippen LogP contribution in [-0.2, 0) is 11.2 Å². The maximum atomic E-state index is 12.4. The molecule has 0 bridgehead atoms. The Labute approximate surface area is 120 Å². The minimum absolute atomic E-state index is 0.0419. The van der Waals surface area contributed by atoms with Gasteiger partial charge in [0.1, 0.15) is 0 Å². The highest BCUT2D eigenvalue weighted by Gasteiger charge is 2.16. The van der Waals surface area contributed by atoms with Gasteiger partial charge >= 0.3 is 0 Å². The summed E-state index contributed by atoms with van der Waals surface area (Å²) in [6.45, 7) is 6.07. The van der Waals surface area contributed by atoms with E-state index in [1.807, 2.05) is 56.3 Å². The highest BCUT2D eigenvalue weighted by molar-refractivity contribution is 5.96.